The first kappa shape index (κ1) is 17.5. The van der Waals surface area contributed by atoms with Gasteiger partial charge < -0.3 is 14.5 Å². The fourth-order valence-corrected chi connectivity index (χ4v) is 2.83. The standard InChI is InChI=1S/C22H16N2O4/c1-27-17-7-4-14(5-8-17)20-12-19(25)18-9-6-16(11-21(18)28-20)24-22(26)15-3-2-10-23-13-15/h2-13H,1H3,(H,24,26). The molecule has 0 spiro atoms. The van der Waals surface area contributed by atoms with Crippen LogP contribution in [0.2, 0.25) is 0 Å². The second-order valence-electron chi connectivity index (χ2n) is 6.11. The van der Waals surface area contributed by atoms with Gasteiger partial charge in [-0.25, -0.2) is 0 Å². The topological polar surface area (TPSA) is 81.4 Å². The zero-order valence-corrected chi connectivity index (χ0v) is 15.0. The normalized spacial score (nSPS) is 10.6. The van der Waals surface area contributed by atoms with Crippen LogP contribution < -0.4 is 15.5 Å². The molecular formula is C22H16N2O4. The average Bonchev–Trinajstić information content (AvgIpc) is 2.74. The van der Waals surface area contributed by atoms with E-state index in [-0.39, 0.29) is 11.3 Å². The van der Waals surface area contributed by atoms with Gasteiger partial charge in [-0.2, -0.15) is 0 Å². The Bertz CT molecular complexity index is 1200. The largest absolute Gasteiger partial charge is 0.497 e. The summed E-state index contributed by atoms with van der Waals surface area (Å²) in [5.74, 6) is 0.865. The van der Waals surface area contributed by atoms with Crippen LogP contribution in [0.25, 0.3) is 22.3 Å². The van der Waals surface area contributed by atoms with Crippen molar-refractivity contribution >= 4 is 22.6 Å². The predicted octanol–water partition coefficient (Wildman–Crippen LogP) is 4.12. The molecule has 0 aliphatic heterocycles. The minimum atomic E-state index is -0.291. The molecule has 4 aromatic rings. The number of ether oxygens (including phenoxy) is 1. The molecule has 0 saturated heterocycles. The minimum Gasteiger partial charge on any atom is -0.497 e. The summed E-state index contributed by atoms with van der Waals surface area (Å²) in [4.78, 5) is 28.7. The van der Waals surface area contributed by atoms with Gasteiger partial charge >= 0.3 is 0 Å². The van der Waals surface area contributed by atoms with Gasteiger partial charge in [-0.15, -0.1) is 0 Å². The van der Waals surface area contributed by atoms with Crippen molar-refractivity contribution in [2.24, 2.45) is 0 Å². The maximum absolute atomic E-state index is 12.5. The number of anilines is 1. The Balaban J connectivity index is 1.69. The summed E-state index contributed by atoms with van der Waals surface area (Å²) in [5, 5.41) is 3.23. The van der Waals surface area contributed by atoms with E-state index < -0.39 is 0 Å². The van der Waals surface area contributed by atoms with Gasteiger partial charge in [0.05, 0.1) is 18.1 Å². The van der Waals surface area contributed by atoms with Gasteiger partial charge in [0.15, 0.2) is 5.43 Å². The van der Waals surface area contributed by atoms with Gasteiger partial charge in [-0.1, -0.05) is 0 Å². The maximum atomic E-state index is 12.5. The van der Waals surface area contributed by atoms with E-state index in [0.717, 1.165) is 5.56 Å². The molecule has 6 nitrogen and oxygen atoms in total. The van der Waals surface area contributed by atoms with E-state index in [0.29, 0.717) is 33.7 Å². The first-order valence-electron chi connectivity index (χ1n) is 8.58. The highest BCUT2D eigenvalue weighted by Gasteiger charge is 2.10. The molecule has 0 atom stereocenters. The number of carbonyl (C=O) groups is 1. The third-order valence-electron chi connectivity index (χ3n) is 4.29. The number of pyridine rings is 1. The van der Waals surface area contributed by atoms with Crippen LogP contribution in [0.1, 0.15) is 10.4 Å². The number of fused-ring (bicyclic) bond motifs is 1. The molecule has 1 N–H and O–H groups in total. The summed E-state index contributed by atoms with van der Waals surface area (Å²) in [6.07, 6.45) is 3.08. The number of amides is 1. The van der Waals surface area contributed by atoms with Crippen LogP contribution in [0.15, 0.2) is 82.3 Å². The first-order valence-corrected chi connectivity index (χ1v) is 8.58. The van der Waals surface area contributed by atoms with E-state index in [1.54, 1.807) is 55.8 Å². The van der Waals surface area contributed by atoms with Crippen molar-refractivity contribution in [3.05, 3.63) is 88.8 Å². The lowest BCUT2D eigenvalue weighted by Crippen LogP contribution is -2.12. The van der Waals surface area contributed by atoms with E-state index in [1.807, 2.05) is 12.1 Å². The molecule has 2 heterocycles. The third kappa shape index (κ3) is 3.48. The summed E-state index contributed by atoms with van der Waals surface area (Å²) < 4.78 is 11.1. The molecular weight excluding hydrogens is 356 g/mol. The Labute approximate surface area is 160 Å². The highest BCUT2D eigenvalue weighted by atomic mass is 16.5. The number of rotatable bonds is 4. The van der Waals surface area contributed by atoms with E-state index >= 15 is 0 Å². The van der Waals surface area contributed by atoms with Crippen molar-refractivity contribution in [2.75, 3.05) is 12.4 Å². The summed E-state index contributed by atoms with van der Waals surface area (Å²) in [5.41, 5.74) is 1.96. The molecule has 0 aliphatic rings. The van der Waals surface area contributed by atoms with Crippen LogP contribution in [0.4, 0.5) is 5.69 Å². The maximum Gasteiger partial charge on any atom is 0.257 e. The fraction of sp³-hybridized carbons (Fsp3) is 0.0455. The predicted molar refractivity (Wildman–Crippen MR) is 107 cm³/mol. The SMILES string of the molecule is COc1ccc(-c2cc(=O)c3ccc(NC(=O)c4cccnc4)cc3o2)cc1. The zero-order chi connectivity index (χ0) is 19.5. The Morgan fingerprint density at radius 3 is 2.61 bits per heavy atom. The molecule has 0 radical (unpaired) electrons. The summed E-state index contributed by atoms with van der Waals surface area (Å²) in [7, 11) is 1.59. The van der Waals surface area contributed by atoms with E-state index in [1.165, 1.54) is 12.3 Å². The second kappa shape index (κ2) is 7.36. The number of carbonyl (C=O) groups excluding carboxylic acids is 1. The lowest BCUT2D eigenvalue weighted by molar-refractivity contribution is 0.102. The van der Waals surface area contributed by atoms with E-state index in [2.05, 4.69) is 10.3 Å². The highest BCUT2D eigenvalue weighted by molar-refractivity contribution is 6.04. The molecule has 0 unspecified atom stereocenters. The van der Waals surface area contributed by atoms with Gasteiger partial charge in [-0.05, 0) is 48.5 Å². The van der Waals surface area contributed by atoms with Gasteiger partial charge in [0.25, 0.3) is 5.91 Å². The van der Waals surface area contributed by atoms with Crippen molar-refractivity contribution < 1.29 is 13.9 Å². The Hall–Kier alpha value is -3.93. The van der Waals surface area contributed by atoms with Crippen molar-refractivity contribution in [3.8, 4) is 17.1 Å². The Kier molecular flexibility index (Phi) is 4.60. The molecule has 138 valence electrons. The summed E-state index contributed by atoms with van der Waals surface area (Å²) in [6, 6.07) is 17.0. The third-order valence-corrected chi connectivity index (χ3v) is 4.29. The van der Waals surface area contributed by atoms with Gasteiger partial charge in [0, 0.05) is 35.8 Å². The van der Waals surface area contributed by atoms with Gasteiger partial charge in [0.1, 0.15) is 17.1 Å². The number of methoxy groups -OCH3 is 1. The molecule has 28 heavy (non-hydrogen) atoms. The average molecular weight is 372 g/mol. The smallest absolute Gasteiger partial charge is 0.257 e. The van der Waals surface area contributed by atoms with Crippen LogP contribution in [-0.4, -0.2) is 18.0 Å². The Morgan fingerprint density at radius 1 is 1.07 bits per heavy atom. The number of nitrogens with one attached hydrogen (secondary N) is 1. The number of hydrogen-bond donors (Lipinski definition) is 1. The van der Waals surface area contributed by atoms with Gasteiger partial charge in [-0.3, -0.25) is 14.6 Å². The van der Waals surface area contributed by atoms with Crippen LogP contribution in [0, 0.1) is 0 Å². The van der Waals surface area contributed by atoms with Crippen LogP contribution in [0.5, 0.6) is 5.75 Å². The Morgan fingerprint density at radius 2 is 1.89 bits per heavy atom. The fourth-order valence-electron chi connectivity index (χ4n) is 2.83. The number of aromatic nitrogens is 1. The minimum absolute atomic E-state index is 0.155. The van der Waals surface area contributed by atoms with Gasteiger partial charge in [0.2, 0.25) is 0 Å². The highest BCUT2D eigenvalue weighted by Crippen LogP contribution is 2.26. The molecule has 4 rings (SSSR count). The molecule has 0 aliphatic carbocycles. The first-order chi connectivity index (χ1) is 13.6. The summed E-state index contributed by atoms with van der Waals surface area (Å²) in [6.45, 7) is 0. The van der Waals surface area contributed by atoms with Crippen molar-refractivity contribution in [1.82, 2.24) is 4.98 Å². The number of nitrogens with zero attached hydrogens (tertiary/aromatic N) is 1. The molecule has 0 saturated carbocycles. The second-order valence-corrected chi connectivity index (χ2v) is 6.11. The lowest BCUT2D eigenvalue weighted by atomic mass is 10.1. The number of hydrogen-bond acceptors (Lipinski definition) is 5. The van der Waals surface area contributed by atoms with E-state index in [4.69, 9.17) is 9.15 Å². The van der Waals surface area contributed by atoms with E-state index in [9.17, 15) is 9.59 Å². The molecule has 2 aromatic carbocycles. The monoisotopic (exact) mass is 372 g/mol. The van der Waals surface area contributed by atoms with Crippen molar-refractivity contribution in [1.29, 1.82) is 0 Å². The number of benzene rings is 2. The van der Waals surface area contributed by atoms with Crippen LogP contribution >= 0.6 is 0 Å². The molecule has 2 aromatic heterocycles. The van der Waals surface area contributed by atoms with Crippen molar-refractivity contribution in [3.63, 3.8) is 0 Å². The molecule has 0 bridgehead atoms. The summed E-state index contributed by atoms with van der Waals surface area (Å²) >= 11 is 0. The molecule has 6 heteroatoms. The van der Waals surface area contributed by atoms with Crippen LogP contribution in [0.3, 0.4) is 0 Å². The lowest BCUT2D eigenvalue weighted by Gasteiger charge is -2.08. The molecule has 1 amide bonds. The quantitative estimate of drug-likeness (QED) is 0.583. The molecule has 0 fully saturated rings. The van der Waals surface area contributed by atoms with Crippen LogP contribution in [-0.2, 0) is 0 Å². The van der Waals surface area contributed by atoms with Crippen molar-refractivity contribution in [2.45, 2.75) is 0 Å². The zero-order valence-electron chi connectivity index (χ0n) is 15.0.